The van der Waals surface area contributed by atoms with E-state index in [0.717, 1.165) is 19.3 Å². The fourth-order valence-electron chi connectivity index (χ4n) is 2.43. The summed E-state index contributed by atoms with van der Waals surface area (Å²) in [4.78, 5) is 23.2. The summed E-state index contributed by atoms with van der Waals surface area (Å²) in [5.41, 5.74) is -1.01. The number of hydrogen-bond donors (Lipinski definition) is 0. The summed E-state index contributed by atoms with van der Waals surface area (Å²) < 4.78 is 9.39. The van der Waals surface area contributed by atoms with Crippen LogP contribution in [0, 0.1) is 11.3 Å². The molecule has 1 saturated carbocycles. The average molecular weight is 228 g/mol. The minimum absolute atomic E-state index is 0.452. The summed E-state index contributed by atoms with van der Waals surface area (Å²) >= 11 is 0. The van der Waals surface area contributed by atoms with Crippen molar-refractivity contribution in [3.05, 3.63) is 0 Å². The summed E-state index contributed by atoms with van der Waals surface area (Å²) in [6, 6.07) is 0. The Hall–Kier alpha value is -1.06. The van der Waals surface area contributed by atoms with Gasteiger partial charge in [-0.2, -0.15) is 0 Å². The van der Waals surface area contributed by atoms with Crippen molar-refractivity contribution < 1.29 is 19.1 Å². The minimum Gasteiger partial charge on any atom is -0.468 e. The molecule has 0 spiro atoms. The lowest BCUT2D eigenvalue weighted by Crippen LogP contribution is -2.51. The molecule has 4 heteroatoms. The fraction of sp³-hybridized carbons (Fsp3) is 0.833. The Kier molecular flexibility index (Phi) is 4.33. The first-order valence-electron chi connectivity index (χ1n) is 5.77. The molecule has 4 nitrogen and oxygen atoms in total. The molecule has 0 atom stereocenters. The van der Waals surface area contributed by atoms with Crippen LogP contribution >= 0.6 is 0 Å². The second-order valence-electron chi connectivity index (χ2n) is 4.48. The molecule has 92 valence electrons. The molecule has 1 fully saturated rings. The van der Waals surface area contributed by atoms with E-state index in [4.69, 9.17) is 9.47 Å². The van der Waals surface area contributed by atoms with Crippen molar-refractivity contribution in [1.82, 2.24) is 0 Å². The van der Waals surface area contributed by atoms with Crippen LogP contribution in [0.15, 0.2) is 0 Å². The van der Waals surface area contributed by atoms with Crippen molar-refractivity contribution in [3.63, 3.8) is 0 Å². The maximum absolute atomic E-state index is 11.6. The van der Waals surface area contributed by atoms with Crippen LogP contribution < -0.4 is 0 Å². The molecule has 0 aromatic heterocycles. The summed E-state index contributed by atoms with van der Waals surface area (Å²) in [5, 5.41) is 0. The summed E-state index contributed by atoms with van der Waals surface area (Å²) in [6.45, 7) is 2.13. The molecule has 1 rings (SSSR count). The van der Waals surface area contributed by atoms with Gasteiger partial charge >= 0.3 is 11.9 Å². The second-order valence-corrected chi connectivity index (χ2v) is 4.48. The average Bonchev–Trinajstić information content (AvgIpc) is 2.26. The zero-order chi connectivity index (χ0) is 12.2. The molecule has 0 bridgehead atoms. The van der Waals surface area contributed by atoms with Gasteiger partial charge in [0.25, 0.3) is 0 Å². The number of esters is 2. The highest BCUT2D eigenvalue weighted by Gasteiger charge is 2.57. The Morgan fingerprint density at radius 3 is 2.06 bits per heavy atom. The molecule has 0 saturated heterocycles. The fourth-order valence-corrected chi connectivity index (χ4v) is 2.43. The van der Waals surface area contributed by atoms with E-state index in [2.05, 4.69) is 6.92 Å². The lowest BCUT2D eigenvalue weighted by molar-refractivity contribution is -0.180. The predicted molar refractivity (Wildman–Crippen MR) is 58.7 cm³/mol. The SMILES string of the molecule is CCCCC1CC(C(=O)OC)(C(=O)OC)C1. The molecule has 1 aliphatic rings. The molecule has 0 N–H and O–H groups in total. The van der Waals surface area contributed by atoms with Crippen molar-refractivity contribution in [1.29, 1.82) is 0 Å². The number of carbonyl (C=O) groups is 2. The Bertz CT molecular complexity index is 248. The van der Waals surface area contributed by atoms with Crippen LogP contribution in [0.1, 0.15) is 39.0 Å². The van der Waals surface area contributed by atoms with Crippen LogP contribution in [0.5, 0.6) is 0 Å². The van der Waals surface area contributed by atoms with E-state index in [1.54, 1.807) is 0 Å². The summed E-state index contributed by atoms with van der Waals surface area (Å²) in [5.74, 6) is -0.447. The van der Waals surface area contributed by atoms with Crippen LogP contribution in [-0.4, -0.2) is 26.2 Å². The molecule has 0 aliphatic heterocycles. The molecule has 1 aliphatic carbocycles. The lowest BCUT2D eigenvalue weighted by atomic mass is 9.60. The van der Waals surface area contributed by atoms with Gasteiger partial charge in [0.15, 0.2) is 5.41 Å². The number of hydrogen-bond acceptors (Lipinski definition) is 4. The van der Waals surface area contributed by atoms with Gasteiger partial charge in [-0.25, -0.2) is 0 Å². The molecule has 0 unspecified atom stereocenters. The zero-order valence-corrected chi connectivity index (χ0v) is 10.2. The minimum atomic E-state index is -1.01. The molecule has 0 aromatic rings. The molecular formula is C12H20O4. The highest BCUT2D eigenvalue weighted by atomic mass is 16.5. The van der Waals surface area contributed by atoms with Gasteiger partial charge in [-0.3, -0.25) is 9.59 Å². The number of rotatable bonds is 5. The van der Waals surface area contributed by atoms with Crippen LogP contribution in [0.2, 0.25) is 0 Å². The van der Waals surface area contributed by atoms with Crippen molar-refractivity contribution in [2.24, 2.45) is 11.3 Å². The molecular weight excluding hydrogens is 208 g/mol. The Morgan fingerprint density at radius 1 is 1.19 bits per heavy atom. The zero-order valence-electron chi connectivity index (χ0n) is 10.2. The van der Waals surface area contributed by atoms with E-state index >= 15 is 0 Å². The summed E-state index contributed by atoms with van der Waals surface area (Å²) in [6.07, 6.45) is 4.51. The highest BCUT2D eigenvalue weighted by molar-refractivity contribution is 6.01. The van der Waals surface area contributed by atoms with Crippen LogP contribution in [0.3, 0.4) is 0 Å². The van der Waals surface area contributed by atoms with Gasteiger partial charge in [-0.1, -0.05) is 26.2 Å². The highest BCUT2D eigenvalue weighted by Crippen LogP contribution is 2.49. The number of unbranched alkanes of at least 4 members (excludes halogenated alkanes) is 1. The van der Waals surface area contributed by atoms with E-state index in [1.165, 1.54) is 14.2 Å². The molecule has 0 amide bonds. The van der Waals surface area contributed by atoms with E-state index < -0.39 is 17.4 Å². The van der Waals surface area contributed by atoms with Gasteiger partial charge in [-0.05, 0) is 18.8 Å². The monoisotopic (exact) mass is 228 g/mol. The molecule has 0 heterocycles. The van der Waals surface area contributed by atoms with E-state index in [0.29, 0.717) is 18.8 Å². The van der Waals surface area contributed by atoms with Gasteiger partial charge in [0, 0.05) is 0 Å². The topological polar surface area (TPSA) is 52.6 Å². The standard InChI is InChI=1S/C12H20O4/c1-4-5-6-9-7-12(8-9,10(13)15-2)11(14)16-3/h9H,4-8H2,1-3H3. The smallest absolute Gasteiger partial charge is 0.323 e. The first-order chi connectivity index (χ1) is 7.60. The Morgan fingerprint density at radius 2 is 1.69 bits per heavy atom. The van der Waals surface area contributed by atoms with Crippen molar-refractivity contribution >= 4 is 11.9 Å². The maximum Gasteiger partial charge on any atom is 0.323 e. The Labute approximate surface area is 96.3 Å². The normalized spacial score (nSPS) is 18.7. The van der Waals surface area contributed by atoms with E-state index in [-0.39, 0.29) is 0 Å². The molecule has 16 heavy (non-hydrogen) atoms. The summed E-state index contributed by atoms with van der Waals surface area (Å²) in [7, 11) is 2.62. The Balaban J connectivity index is 2.59. The van der Waals surface area contributed by atoms with Crippen LogP contribution in [-0.2, 0) is 19.1 Å². The third kappa shape index (κ3) is 2.20. The van der Waals surface area contributed by atoms with Gasteiger partial charge in [0.2, 0.25) is 0 Å². The van der Waals surface area contributed by atoms with Crippen molar-refractivity contribution in [2.45, 2.75) is 39.0 Å². The van der Waals surface area contributed by atoms with Gasteiger partial charge in [-0.15, -0.1) is 0 Å². The van der Waals surface area contributed by atoms with Gasteiger partial charge < -0.3 is 9.47 Å². The van der Waals surface area contributed by atoms with Crippen molar-refractivity contribution in [3.8, 4) is 0 Å². The van der Waals surface area contributed by atoms with Crippen LogP contribution in [0.4, 0.5) is 0 Å². The molecule has 0 radical (unpaired) electrons. The van der Waals surface area contributed by atoms with E-state index in [9.17, 15) is 9.59 Å². The largest absolute Gasteiger partial charge is 0.468 e. The third-order valence-electron chi connectivity index (χ3n) is 3.39. The lowest BCUT2D eigenvalue weighted by Gasteiger charge is -2.42. The maximum atomic E-state index is 11.6. The van der Waals surface area contributed by atoms with Gasteiger partial charge in [0.05, 0.1) is 14.2 Å². The number of carbonyl (C=O) groups excluding carboxylic acids is 2. The third-order valence-corrected chi connectivity index (χ3v) is 3.39. The molecule has 0 aromatic carbocycles. The number of methoxy groups -OCH3 is 2. The van der Waals surface area contributed by atoms with Crippen LogP contribution in [0.25, 0.3) is 0 Å². The number of ether oxygens (including phenoxy) is 2. The predicted octanol–water partition coefficient (Wildman–Crippen LogP) is 1.92. The van der Waals surface area contributed by atoms with Crippen molar-refractivity contribution in [2.75, 3.05) is 14.2 Å². The first-order valence-corrected chi connectivity index (χ1v) is 5.77. The second kappa shape index (κ2) is 5.32. The van der Waals surface area contributed by atoms with Gasteiger partial charge in [0.1, 0.15) is 0 Å². The first kappa shape index (κ1) is 13.0. The quantitative estimate of drug-likeness (QED) is 0.533. The van der Waals surface area contributed by atoms with E-state index in [1.807, 2.05) is 0 Å².